The van der Waals surface area contributed by atoms with E-state index in [-0.39, 0.29) is 30.7 Å². The molecular formula is C38H54ClN5O7. The van der Waals surface area contributed by atoms with Crippen molar-refractivity contribution < 1.29 is 33.5 Å². The van der Waals surface area contributed by atoms with Crippen LogP contribution in [0.1, 0.15) is 109 Å². The second-order valence-electron chi connectivity index (χ2n) is 16.1. The van der Waals surface area contributed by atoms with E-state index in [1.807, 2.05) is 33.8 Å². The van der Waals surface area contributed by atoms with Crippen LogP contribution in [0, 0.1) is 24.2 Å². The summed E-state index contributed by atoms with van der Waals surface area (Å²) in [6.07, 6.45) is 9.45. The van der Waals surface area contributed by atoms with Crippen molar-refractivity contribution >= 4 is 46.7 Å². The van der Waals surface area contributed by atoms with Gasteiger partial charge < -0.3 is 30.4 Å². The number of hydrogen-bond donors (Lipinski definition) is 3. The highest BCUT2D eigenvalue weighted by molar-refractivity contribution is 6.38. The highest BCUT2D eigenvalue weighted by Gasteiger charge is 2.56. The Morgan fingerprint density at radius 3 is 2.33 bits per heavy atom. The molecule has 2 aliphatic heterocycles. The number of ketones is 1. The molecule has 12 nitrogen and oxygen atoms in total. The number of rotatable bonds is 12. The number of likely N-dealkylation sites (tertiary alicyclic amines) is 1. The van der Waals surface area contributed by atoms with E-state index in [0.29, 0.717) is 35.7 Å². The maximum atomic E-state index is 14.7. The maximum Gasteiger partial charge on any atom is 0.289 e. The minimum Gasteiger partial charge on any atom is -0.495 e. The maximum absolute atomic E-state index is 14.7. The van der Waals surface area contributed by atoms with E-state index < -0.39 is 52.6 Å². The number of carbonyl (C=O) groups is 5. The van der Waals surface area contributed by atoms with Crippen LogP contribution in [0.15, 0.2) is 17.3 Å². The van der Waals surface area contributed by atoms with Crippen LogP contribution in [-0.4, -0.2) is 84.5 Å². The van der Waals surface area contributed by atoms with E-state index >= 15 is 0 Å². The van der Waals surface area contributed by atoms with Crippen LogP contribution in [0.2, 0.25) is 5.02 Å². The first-order valence-corrected chi connectivity index (χ1v) is 18.8. The van der Waals surface area contributed by atoms with Crippen molar-refractivity contribution in [3.63, 3.8) is 0 Å². The number of amides is 4. The number of halogens is 1. The van der Waals surface area contributed by atoms with Gasteiger partial charge in [0.2, 0.25) is 23.5 Å². The summed E-state index contributed by atoms with van der Waals surface area (Å²) in [5.41, 5.74) is 0.524. The largest absolute Gasteiger partial charge is 0.495 e. The molecule has 3 N–H and O–H groups in total. The quantitative estimate of drug-likeness (QED) is 0.210. The zero-order valence-electron chi connectivity index (χ0n) is 30.9. The third-order valence-corrected chi connectivity index (χ3v) is 11.1. The van der Waals surface area contributed by atoms with Crippen LogP contribution < -0.4 is 20.7 Å². The number of nitrogens with zero attached hydrogens (tertiary/aromatic N) is 2. The molecular weight excluding hydrogens is 674 g/mol. The molecule has 51 heavy (non-hydrogen) atoms. The molecule has 0 radical (unpaired) electrons. The van der Waals surface area contributed by atoms with E-state index in [0.717, 1.165) is 49.7 Å². The van der Waals surface area contributed by atoms with Crippen LogP contribution in [0.3, 0.4) is 0 Å². The van der Waals surface area contributed by atoms with Crippen LogP contribution >= 0.6 is 11.6 Å². The zero-order valence-corrected chi connectivity index (χ0v) is 31.6. The summed E-state index contributed by atoms with van der Waals surface area (Å²) in [4.78, 5) is 75.5. The lowest BCUT2D eigenvalue weighted by molar-refractivity contribution is -0.145. The highest BCUT2D eigenvalue weighted by atomic mass is 35.5. The molecule has 2 heterocycles. The number of likely N-dealkylation sites (N-methyl/N-ethyl adjacent to an activating group) is 1. The Bertz CT molecular complexity index is 1550. The van der Waals surface area contributed by atoms with E-state index in [4.69, 9.17) is 21.2 Å². The summed E-state index contributed by atoms with van der Waals surface area (Å²) in [5, 5.41) is 13.1. The first-order chi connectivity index (χ1) is 24.1. The Hall–Kier alpha value is -3.67. The van der Waals surface area contributed by atoms with Crippen molar-refractivity contribution in [2.75, 3.05) is 20.7 Å². The fourth-order valence-electron chi connectivity index (χ4n) is 7.73. The molecule has 5 rings (SSSR count). The summed E-state index contributed by atoms with van der Waals surface area (Å²) >= 11 is 6.48. The molecule has 13 heteroatoms. The van der Waals surface area contributed by atoms with Gasteiger partial charge in [-0.15, -0.1) is 0 Å². The average Bonchev–Trinajstić information content (AvgIpc) is 3.78. The molecule has 2 aliphatic carbocycles. The van der Waals surface area contributed by atoms with Gasteiger partial charge in [0, 0.05) is 31.9 Å². The summed E-state index contributed by atoms with van der Waals surface area (Å²) < 4.78 is 5.37. The van der Waals surface area contributed by atoms with Crippen molar-refractivity contribution in [1.29, 1.82) is 0 Å². The molecule has 1 spiro atoms. The van der Waals surface area contributed by atoms with Crippen molar-refractivity contribution in [1.82, 2.24) is 20.9 Å². The second-order valence-corrected chi connectivity index (χ2v) is 16.5. The second kappa shape index (κ2) is 15.9. The van der Waals surface area contributed by atoms with Gasteiger partial charge in [0.25, 0.3) is 5.91 Å². The van der Waals surface area contributed by atoms with Crippen molar-refractivity contribution in [2.24, 2.45) is 22.4 Å². The number of carbonyl (C=O) groups excluding carboxylic acids is 5. The predicted molar refractivity (Wildman–Crippen MR) is 193 cm³/mol. The first kappa shape index (κ1) is 38.6. The third kappa shape index (κ3) is 9.23. The van der Waals surface area contributed by atoms with Crippen molar-refractivity contribution in [3.8, 4) is 5.75 Å². The van der Waals surface area contributed by atoms with E-state index in [2.05, 4.69) is 21.1 Å². The Morgan fingerprint density at radius 1 is 1.04 bits per heavy atom. The van der Waals surface area contributed by atoms with Crippen molar-refractivity contribution in [3.05, 3.63) is 28.3 Å². The average molecular weight is 728 g/mol. The third-order valence-electron chi connectivity index (χ3n) is 10.9. The first-order valence-electron chi connectivity index (χ1n) is 18.4. The van der Waals surface area contributed by atoms with Crippen LogP contribution in [0.5, 0.6) is 5.75 Å². The van der Waals surface area contributed by atoms with Gasteiger partial charge in [-0.1, -0.05) is 76.1 Å². The molecule has 4 amide bonds. The molecule has 1 aromatic carbocycles. The normalized spacial score (nSPS) is 23.5. The molecule has 4 aliphatic rings. The van der Waals surface area contributed by atoms with Gasteiger partial charge in [-0.05, 0) is 61.1 Å². The van der Waals surface area contributed by atoms with E-state index in [1.54, 1.807) is 13.2 Å². The number of ether oxygens (including phenoxy) is 1. The lowest BCUT2D eigenvalue weighted by atomic mass is 9.85. The Labute approximate surface area is 306 Å². The lowest BCUT2D eigenvalue weighted by Gasteiger charge is -2.36. The molecule has 0 aromatic heterocycles. The Kier molecular flexibility index (Phi) is 12.0. The molecule has 1 aromatic rings. The number of Topliss-reactive ketones (excluding diaryl/α,β-unsaturated/α-hetero) is 1. The molecule has 0 bridgehead atoms. The number of nitrogens with one attached hydrogen (secondary N) is 3. The highest BCUT2D eigenvalue weighted by Crippen LogP contribution is 2.42. The fourth-order valence-corrected chi connectivity index (χ4v) is 7.97. The number of benzene rings is 1. The summed E-state index contributed by atoms with van der Waals surface area (Å²) in [6.45, 7) is 7.61. The molecule has 2 saturated carbocycles. The lowest BCUT2D eigenvalue weighted by Crippen LogP contribution is -2.59. The monoisotopic (exact) mass is 727 g/mol. The smallest absolute Gasteiger partial charge is 0.289 e. The molecule has 1 saturated heterocycles. The fraction of sp³-hybridized carbons (Fsp3) is 0.684. The summed E-state index contributed by atoms with van der Waals surface area (Å²) in [6, 6.07) is 0.583. The van der Waals surface area contributed by atoms with Crippen LogP contribution in [0.4, 0.5) is 0 Å². The Morgan fingerprint density at radius 2 is 1.73 bits per heavy atom. The number of methoxy groups -OCH3 is 1. The van der Waals surface area contributed by atoms with Gasteiger partial charge >= 0.3 is 0 Å². The summed E-state index contributed by atoms with van der Waals surface area (Å²) in [7, 11) is 2.92. The molecule has 4 atom stereocenters. The van der Waals surface area contributed by atoms with Gasteiger partial charge in [-0.2, -0.15) is 0 Å². The minimum atomic E-state index is -1.05. The summed E-state index contributed by atoms with van der Waals surface area (Å²) in [5.74, 6) is -1.62. The van der Waals surface area contributed by atoms with Gasteiger partial charge in [-0.25, -0.2) is 0 Å². The van der Waals surface area contributed by atoms with E-state index in [9.17, 15) is 24.0 Å². The zero-order chi connectivity index (χ0) is 37.1. The molecule has 280 valence electrons. The van der Waals surface area contributed by atoms with E-state index in [1.165, 1.54) is 24.8 Å². The SMILES string of the molecule is CNC(=O)C(=O)[C@H](CC1CC1)NC(=O)[C@@H]1C[C@]2(CC(c3cc(Cl)c(OC)cc3C)=NO2)CN1C(=O)[C@@H](NC(=O)CC1CCCCCC1)C(C)(C)C. The Balaban J connectivity index is 1.42. The van der Waals surface area contributed by atoms with Gasteiger partial charge in [0.1, 0.15) is 17.8 Å². The molecule has 3 fully saturated rings. The van der Waals surface area contributed by atoms with Gasteiger partial charge in [-0.3, -0.25) is 24.0 Å². The molecule has 0 unspecified atom stereocenters. The van der Waals surface area contributed by atoms with Crippen LogP contribution in [0.25, 0.3) is 0 Å². The van der Waals surface area contributed by atoms with Crippen LogP contribution in [-0.2, 0) is 28.8 Å². The minimum absolute atomic E-state index is 0.0294. The standard InChI is InChI=1S/C38H54ClN5O7/c1-22-15-30(50-6)26(39)18-25(22)28-19-38(51-43-28)20-29(34(47)41-27(16-24-13-14-24)32(46)35(48)40-5)44(21-38)36(49)33(37(2,3)4)42-31(45)17-23-11-9-7-8-10-12-23/h15,18,23-24,27,29,33H,7-14,16-17,19-21H2,1-6H3,(H,40,48)(H,41,47)(H,42,45)/t27-,29-,33+,38+/m0/s1. The number of oxime groups is 1. The van der Waals surface area contributed by atoms with Gasteiger partial charge in [0.05, 0.1) is 30.4 Å². The van der Waals surface area contributed by atoms with Gasteiger partial charge in [0.15, 0.2) is 5.60 Å². The van der Waals surface area contributed by atoms with Crippen molar-refractivity contribution in [2.45, 2.75) is 128 Å². The predicted octanol–water partition coefficient (Wildman–Crippen LogP) is 4.61. The number of aryl methyl sites for hydroxylation is 1. The topological polar surface area (TPSA) is 156 Å². The number of hydrogen-bond acceptors (Lipinski definition) is 8.